The minimum Gasteiger partial charge on any atom is -0.493 e. The highest BCUT2D eigenvalue weighted by Crippen LogP contribution is 2.55. The van der Waals surface area contributed by atoms with E-state index < -0.39 is 65.1 Å². The number of amides is 2. The second-order valence-electron chi connectivity index (χ2n) is 9.50. The van der Waals surface area contributed by atoms with Gasteiger partial charge in [-0.15, -0.1) is 0 Å². The van der Waals surface area contributed by atoms with Gasteiger partial charge in [-0.05, 0) is 31.5 Å². The lowest BCUT2D eigenvalue weighted by Crippen LogP contribution is -2.47. The molecule has 5 atom stereocenters. The van der Waals surface area contributed by atoms with Crippen molar-refractivity contribution < 1.29 is 45.4 Å². The number of likely N-dealkylation sites (tertiary alicyclic amines) is 1. The summed E-state index contributed by atoms with van der Waals surface area (Å²) in [5.41, 5.74) is -3.06. The summed E-state index contributed by atoms with van der Waals surface area (Å²) in [7, 11) is 1.03. The largest absolute Gasteiger partial charge is 0.493 e. The van der Waals surface area contributed by atoms with Crippen LogP contribution in [0.1, 0.15) is 42.2 Å². The molecule has 7 nitrogen and oxygen atoms in total. The summed E-state index contributed by atoms with van der Waals surface area (Å²) in [6, 6.07) is 4.31. The Labute approximate surface area is 214 Å². The number of nitrogens with one attached hydrogen (secondary N) is 1. The molecule has 1 aromatic heterocycles. The van der Waals surface area contributed by atoms with Crippen LogP contribution in [0.25, 0.3) is 0 Å². The van der Waals surface area contributed by atoms with Crippen LogP contribution in [0.3, 0.4) is 0 Å². The normalized spacial score (nSPS) is 27.4. The minimum absolute atomic E-state index is 0.0252. The molecule has 3 heterocycles. The molecule has 0 aliphatic carbocycles. The Kier molecular flexibility index (Phi) is 7.34. The molecule has 206 valence electrons. The van der Waals surface area contributed by atoms with Crippen LogP contribution in [0.2, 0.25) is 0 Å². The maximum absolute atomic E-state index is 14.5. The molecule has 0 spiro atoms. The number of hydrogen-bond donors (Lipinski definition) is 1. The van der Waals surface area contributed by atoms with E-state index in [-0.39, 0.29) is 36.5 Å². The van der Waals surface area contributed by atoms with Crippen molar-refractivity contribution in [2.24, 2.45) is 5.92 Å². The van der Waals surface area contributed by atoms with E-state index in [1.807, 2.05) is 0 Å². The van der Waals surface area contributed by atoms with Crippen molar-refractivity contribution in [3.05, 3.63) is 53.4 Å². The highest BCUT2D eigenvalue weighted by Gasteiger charge is 2.66. The van der Waals surface area contributed by atoms with Crippen molar-refractivity contribution in [2.75, 3.05) is 25.5 Å². The Bertz CT molecular complexity index is 1240. The van der Waals surface area contributed by atoms with Gasteiger partial charge >= 0.3 is 6.18 Å². The van der Waals surface area contributed by atoms with Crippen LogP contribution in [0, 0.1) is 17.6 Å². The summed E-state index contributed by atoms with van der Waals surface area (Å²) in [5, 5.41) is 2.43. The van der Waals surface area contributed by atoms with Crippen LogP contribution in [0.4, 0.5) is 32.0 Å². The van der Waals surface area contributed by atoms with E-state index in [9.17, 15) is 35.9 Å². The van der Waals surface area contributed by atoms with Crippen LogP contribution in [0.15, 0.2) is 30.5 Å². The number of alkyl halides is 4. The summed E-state index contributed by atoms with van der Waals surface area (Å²) in [6.45, 7) is 2.07. The van der Waals surface area contributed by atoms with Gasteiger partial charge in [0.05, 0.1) is 13.7 Å². The number of aromatic nitrogens is 1. The second kappa shape index (κ2) is 10.1. The van der Waals surface area contributed by atoms with Gasteiger partial charge < -0.3 is 19.7 Å². The van der Waals surface area contributed by atoms with Crippen molar-refractivity contribution in [1.82, 2.24) is 9.88 Å². The van der Waals surface area contributed by atoms with Gasteiger partial charge in [-0.3, -0.25) is 14.6 Å². The zero-order chi connectivity index (χ0) is 28.0. The minimum atomic E-state index is -4.91. The number of ether oxygens (including phenoxy) is 2. The van der Waals surface area contributed by atoms with E-state index >= 15 is 0 Å². The molecular weight excluding hydrogens is 520 g/mol. The van der Waals surface area contributed by atoms with E-state index in [4.69, 9.17) is 9.47 Å². The fourth-order valence-electron chi connectivity index (χ4n) is 4.94. The third kappa shape index (κ3) is 4.79. The summed E-state index contributed by atoms with van der Waals surface area (Å²) >= 11 is 0. The molecule has 0 radical (unpaired) electrons. The van der Waals surface area contributed by atoms with E-state index in [2.05, 4.69) is 10.3 Å². The van der Waals surface area contributed by atoms with E-state index in [1.54, 1.807) is 0 Å². The number of anilines is 1. The molecule has 1 N–H and O–H groups in total. The number of halogens is 6. The van der Waals surface area contributed by atoms with Gasteiger partial charge in [-0.2, -0.15) is 17.6 Å². The Hall–Kier alpha value is -3.35. The highest BCUT2D eigenvalue weighted by molar-refractivity contribution is 5.98. The van der Waals surface area contributed by atoms with Gasteiger partial charge in [0.2, 0.25) is 5.82 Å². The molecule has 4 rings (SSSR count). The summed E-state index contributed by atoms with van der Waals surface area (Å²) in [5.74, 6) is -7.72. The first kappa shape index (κ1) is 27.7. The summed E-state index contributed by atoms with van der Waals surface area (Å²) in [4.78, 5) is 31.2. The van der Waals surface area contributed by atoms with Gasteiger partial charge in [-0.1, -0.05) is 13.0 Å². The third-order valence-electron chi connectivity index (χ3n) is 7.24. The number of carbonyl (C=O) groups excluding carboxylic acids is 2. The Morgan fingerprint density at radius 2 is 1.95 bits per heavy atom. The highest BCUT2D eigenvalue weighted by atomic mass is 19.4. The lowest BCUT2D eigenvalue weighted by molar-refractivity contribution is -0.272. The maximum atomic E-state index is 14.5. The number of rotatable bonds is 5. The molecule has 2 aliphatic heterocycles. The van der Waals surface area contributed by atoms with Gasteiger partial charge in [-0.25, -0.2) is 8.78 Å². The van der Waals surface area contributed by atoms with Crippen LogP contribution >= 0.6 is 0 Å². The van der Waals surface area contributed by atoms with E-state index in [0.717, 1.165) is 26.2 Å². The lowest BCUT2D eigenvalue weighted by Gasteiger charge is -2.32. The topological polar surface area (TPSA) is 80.8 Å². The lowest BCUT2D eigenvalue weighted by atomic mass is 9.77. The number of methoxy groups -OCH3 is 1. The first-order valence-corrected chi connectivity index (χ1v) is 11.7. The smallest absolute Gasteiger partial charge is 0.417 e. The molecule has 0 bridgehead atoms. The van der Waals surface area contributed by atoms with Crippen molar-refractivity contribution in [1.29, 1.82) is 0 Å². The zero-order valence-electron chi connectivity index (χ0n) is 20.6. The predicted octanol–water partition coefficient (Wildman–Crippen LogP) is 4.63. The van der Waals surface area contributed by atoms with Gasteiger partial charge in [0.15, 0.2) is 17.2 Å². The Morgan fingerprint density at radius 1 is 1.24 bits per heavy atom. The molecule has 1 aromatic carbocycles. The SMILES string of the molecule is COc1c([C@H]2[C@H](C(=O)Nc3ccnc(C(=O)N4CC[C@@H](F)C4)c3)O[C@@](C)(C(F)(F)F)[C@H]2C)ccc(F)c1F. The Morgan fingerprint density at radius 3 is 2.55 bits per heavy atom. The standard InChI is InChI=1S/C25H25F6N3O4/c1-12-18(15-4-5-16(27)19(28)20(15)37-3)21(38-24(12,2)25(29,30)31)22(35)33-14-6-8-32-17(10-14)23(36)34-9-7-13(26)11-34/h4-6,8,10,12-13,18,21H,7,9,11H2,1-3H3,(H,32,33,35)/t12-,13+,18-,21+,24+/m0/s1. The average molecular weight is 545 g/mol. The molecule has 13 heteroatoms. The molecular formula is C25H25F6N3O4. The van der Waals surface area contributed by atoms with Gasteiger partial charge in [0.25, 0.3) is 11.8 Å². The van der Waals surface area contributed by atoms with E-state index in [1.165, 1.54) is 30.2 Å². The molecule has 2 fully saturated rings. The van der Waals surface area contributed by atoms with Crippen molar-refractivity contribution in [2.45, 2.75) is 50.2 Å². The summed E-state index contributed by atoms with van der Waals surface area (Å²) in [6.07, 6.45) is -6.47. The van der Waals surface area contributed by atoms with Crippen LogP contribution in [0.5, 0.6) is 5.75 Å². The predicted molar refractivity (Wildman–Crippen MR) is 122 cm³/mol. The monoisotopic (exact) mass is 545 g/mol. The van der Waals surface area contributed by atoms with Crippen molar-refractivity contribution >= 4 is 17.5 Å². The number of nitrogens with zero attached hydrogens (tertiary/aromatic N) is 2. The zero-order valence-corrected chi connectivity index (χ0v) is 20.6. The first-order valence-electron chi connectivity index (χ1n) is 11.7. The molecule has 2 aromatic rings. The number of benzene rings is 1. The molecule has 2 aliphatic rings. The van der Waals surface area contributed by atoms with Crippen LogP contribution in [-0.4, -0.2) is 66.0 Å². The summed E-state index contributed by atoms with van der Waals surface area (Å²) < 4.78 is 94.4. The van der Waals surface area contributed by atoms with E-state index in [0.29, 0.717) is 0 Å². The van der Waals surface area contributed by atoms with Gasteiger partial charge in [0.1, 0.15) is 18.0 Å². The first-order chi connectivity index (χ1) is 17.8. The second-order valence-corrected chi connectivity index (χ2v) is 9.50. The maximum Gasteiger partial charge on any atom is 0.417 e. The van der Waals surface area contributed by atoms with Crippen molar-refractivity contribution in [3.8, 4) is 5.75 Å². The quantitative estimate of drug-likeness (QED) is 0.555. The fourth-order valence-corrected chi connectivity index (χ4v) is 4.94. The average Bonchev–Trinajstić information content (AvgIpc) is 3.41. The number of pyridine rings is 1. The third-order valence-corrected chi connectivity index (χ3v) is 7.24. The molecule has 0 unspecified atom stereocenters. The number of carbonyl (C=O) groups is 2. The molecule has 2 amide bonds. The number of hydrogen-bond acceptors (Lipinski definition) is 5. The van der Waals surface area contributed by atoms with Gasteiger partial charge in [0, 0.05) is 35.8 Å². The molecule has 38 heavy (non-hydrogen) atoms. The van der Waals surface area contributed by atoms with Crippen LogP contribution in [-0.2, 0) is 9.53 Å². The molecule has 2 saturated heterocycles. The fraction of sp³-hybridized carbons (Fsp3) is 0.480. The van der Waals surface area contributed by atoms with Crippen molar-refractivity contribution in [3.63, 3.8) is 0 Å². The Balaban J connectivity index is 1.67. The molecule has 0 saturated carbocycles. The van der Waals surface area contributed by atoms with Crippen LogP contribution < -0.4 is 10.1 Å².